The summed E-state index contributed by atoms with van der Waals surface area (Å²) in [4.78, 5) is 76.3. The Bertz CT molecular complexity index is 1490. The zero-order valence-electron chi connectivity index (χ0n) is 34.4. The molecule has 0 saturated heterocycles. The van der Waals surface area contributed by atoms with E-state index >= 15 is 0 Å². The van der Waals surface area contributed by atoms with Gasteiger partial charge in [-0.2, -0.15) is 0 Å². The van der Waals surface area contributed by atoms with E-state index in [0.717, 1.165) is 22.3 Å². The number of amides is 6. The molecule has 6 atom stereocenters. The number of hydrogen-bond acceptors (Lipinski definition) is 8. The summed E-state index contributed by atoms with van der Waals surface area (Å²) in [5.74, 6) is -2.72. The van der Waals surface area contributed by atoms with Crippen LogP contribution in [-0.2, 0) is 41.6 Å². The Kier molecular flexibility index (Phi) is 19.2. The molecule has 0 unspecified atom stereocenters. The molecule has 2 rings (SSSR count). The molecule has 0 aliphatic carbocycles. The van der Waals surface area contributed by atoms with Crippen LogP contribution in [0.15, 0.2) is 48.5 Å². The maximum Gasteiger partial charge on any atom is 0.243 e. The van der Waals surface area contributed by atoms with Crippen LogP contribution in [0.25, 0.3) is 11.1 Å². The van der Waals surface area contributed by atoms with Gasteiger partial charge in [0, 0.05) is 0 Å². The smallest absolute Gasteiger partial charge is 0.243 e. The molecule has 14 nitrogen and oxygen atoms in total. The van der Waals surface area contributed by atoms with Gasteiger partial charge in [-0.25, -0.2) is 0 Å². The minimum Gasteiger partial charge on any atom is -0.368 e. The predicted octanol–water partition coefficient (Wildman–Crippen LogP) is 2.19. The van der Waals surface area contributed by atoms with Crippen LogP contribution in [0.1, 0.15) is 92.2 Å². The van der Waals surface area contributed by atoms with Crippen molar-refractivity contribution in [2.24, 2.45) is 46.6 Å². The molecule has 56 heavy (non-hydrogen) atoms. The average Bonchev–Trinajstić information content (AvgIpc) is 3.10. The maximum absolute atomic E-state index is 13.1. The fourth-order valence-corrected chi connectivity index (χ4v) is 6.30. The number of primary amides is 2. The van der Waals surface area contributed by atoms with E-state index in [1.165, 1.54) is 0 Å². The lowest BCUT2D eigenvalue weighted by Gasteiger charge is -2.25. The zero-order chi connectivity index (χ0) is 42.3. The Morgan fingerprint density at radius 3 is 0.929 bits per heavy atom. The van der Waals surface area contributed by atoms with Crippen molar-refractivity contribution >= 4 is 35.4 Å². The van der Waals surface area contributed by atoms with E-state index in [-0.39, 0.29) is 36.5 Å². The second-order valence-corrected chi connectivity index (χ2v) is 16.6. The number of benzene rings is 2. The van der Waals surface area contributed by atoms with E-state index in [4.69, 9.17) is 22.9 Å². The highest BCUT2D eigenvalue weighted by atomic mass is 16.2. The Hall–Kier alpha value is -4.82. The van der Waals surface area contributed by atoms with Gasteiger partial charge in [-0.05, 0) is 84.5 Å². The molecule has 0 bridgehead atoms. The van der Waals surface area contributed by atoms with E-state index in [2.05, 4.69) is 21.3 Å². The topological polar surface area (TPSA) is 255 Å². The first-order valence-corrected chi connectivity index (χ1v) is 19.7. The summed E-state index contributed by atoms with van der Waals surface area (Å²) < 4.78 is 0. The number of hydrogen-bond donors (Lipinski definition) is 8. The van der Waals surface area contributed by atoms with Crippen LogP contribution in [0.3, 0.4) is 0 Å². The molecule has 0 spiro atoms. The van der Waals surface area contributed by atoms with Crippen molar-refractivity contribution in [1.29, 1.82) is 0 Å². The zero-order valence-corrected chi connectivity index (χ0v) is 34.4. The van der Waals surface area contributed by atoms with E-state index < -0.39 is 71.7 Å². The molecular weight excluding hydrogens is 713 g/mol. The molecule has 14 heteroatoms. The lowest BCUT2D eigenvalue weighted by Crippen LogP contribution is -2.56. The Morgan fingerprint density at radius 2 is 0.679 bits per heavy atom. The van der Waals surface area contributed by atoms with Crippen LogP contribution in [-0.4, -0.2) is 71.7 Å². The van der Waals surface area contributed by atoms with Crippen molar-refractivity contribution in [1.82, 2.24) is 21.3 Å². The van der Waals surface area contributed by atoms with E-state index in [0.29, 0.717) is 25.7 Å². The van der Waals surface area contributed by atoms with Gasteiger partial charge in [0.2, 0.25) is 35.4 Å². The summed E-state index contributed by atoms with van der Waals surface area (Å²) in [6.45, 7) is 15.4. The summed E-state index contributed by atoms with van der Waals surface area (Å²) in [6, 6.07) is 9.97. The number of nitrogens with one attached hydrogen (secondary N) is 4. The van der Waals surface area contributed by atoms with Crippen molar-refractivity contribution in [2.45, 2.75) is 130 Å². The molecule has 0 radical (unpaired) electrons. The van der Waals surface area contributed by atoms with Gasteiger partial charge in [-0.15, -0.1) is 0 Å². The molecule has 0 aromatic heterocycles. The van der Waals surface area contributed by atoms with E-state index in [9.17, 15) is 28.8 Å². The Labute approximate surface area is 332 Å². The molecule has 12 N–H and O–H groups in total. The largest absolute Gasteiger partial charge is 0.368 e. The molecular formula is C42H66N8O6. The third kappa shape index (κ3) is 16.5. The molecule has 2 aromatic carbocycles. The molecule has 0 saturated carbocycles. The number of nitrogens with two attached hydrogens (primary N) is 4. The lowest BCUT2D eigenvalue weighted by molar-refractivity contribution is -0.132. The van der Waals surface area contributed by atoms with Gasteiger partial charge >= 0.3 is 0 Å². The third-order valence-corrected chi connectivity index (χ3v) is 9.24. The third-order valence-electron chi connectivity index (χ3n) is 9.24. The predicted molar refractivity (Wildman–Crippen MR) is 219 cm³/mol. The van der Waals surface area contributed by atoms with Crippen molar-refractivity contribution in [2.75, 3.05) is 0 Å². The van der Waals surface area contributed by atoms with Crippen molar-refractivity contribution in [3.63, 3.8) is 0 Å². The molecule has 0 heterocycles. The summed E-state index contributed by atoms with van der Waals surface area (Å²) in [5.41, 5.74) is 27.1. The fourth-order valence-electron chi connectivity index (χ4n) is 6.30. The van der Waals surface area contributed by atoms with Crippen LogP contribution in [0, 0.1) is 23.7 Å². The number of rotatable bonds is 23. The highest BCUT2D eigenvalue weighted by Gasteiger charge is 2.30. The Morgan fingerprint density at radius 1 is 0.429 bits per heavy atom. The lowest BCUT2D eigenvalue weighted by atomic mass is 9.97. The van der Waals surface area contributed by atoms with Crippen LogP contribution < -0.4 is 44.2 Å². The van der Waals surface area contributed by atoms with E-state index in [1.807, 2.05) is 104 Å². The number of carbonyl (C=O) groups is 6. The highest BCUT2D eigenvalue weighted by molar-refractivity contribution is 5.93. The van der Waals surface area contributed by atoms with Gasteiger partial charge in [-0.1, -0.05) is 104 Å². The first-order valence-electron chi connectivity index (χ1n) is 19.7. The SMILES string of the molecule is CC(C)C[C@H](NC(=O)[C@H](CC(C)C)NC(=O)[C@@H](N)Cc1ccc(-c2ccc(C[C@H](N)C(=O)N[C@@H](CC(C)C)C(=O)N[C@@H](CC(C)C)C(N)=O)cc2)cc1)C(N)=O. The van der Waals surface area contributed by atoms with Crippen molar-refractivity contribution < 1.29 is 28.8 Å². The van der Waals surface area contributed by atoms with Gasteiger partial charge in [0.25, 0.3) is 0 Å². The summed E-state index contributed by atoms with van der Waals surface area (Å²) in [7, 11) is 0. The summed E-state index contributed by atoms with van der Waals surface area (Å²) >= 11 is 0. The average molecular weight is 779 g/mol. The molecule has 0 aliphatic heterocycles. The van der Waals surface area contributed by atoms with Crippen LogP contribution in [0.5, 0.6) is 0 Å². The van der Waals surface area contributed by atoms with E-state index in [1.54, 1.807) is 0 Å². The standard InChI is InChI=1S/C42H66N8O6/c1-23(2)17-33(37(45)51)47-41(55)35(19-25(5)6)49-39(53)31(43)21-27-9-13-29(14-10-27)30-15-11-28(12-16-30)22-32(44)40(54)50-36(20-26(7)8)42(56)48-34(38(46)52)18-24(3)4/h9-16,23-26,31-36H,17-22,43-44H2,1-8H3,(H2,45,51)(H2,46,52)(H,47,55)(H,48,56)(H,49,53)(H,50,54)/t31-,32-,33-,34-,35-,36-/m0/s1. The minimum absolute atomic E-state index is 0.0868. The molecule has 6 amide bonds. The van der Waals surface area contributed by atoms with Gasteiger partial charge in [0.05, 0.1) is 12.1 Å². The Balaban J connectivity index is 2.02. The maximum atomic E-state index is 13.1. The minimum atomic E-state index is -0.918. The first-order chi connectivity index (χ1) is 26.2. The van der Waals surface area contributed by atoms with Crippen LogP contribution in [0.2, 0.25) is 0 Å². The van der Waals surface area contributed by atoms with Gasteiger partial charge < -0.3 is 44.2 Å². The summed E-state index contributed by atoms with van der Waals surface area (Å²) in [6.07, 6.45) is 1.97. The second kappa shape index (κ2) is 22.7. The van der Waals surface area contributed by atoms with Gasteiger partial charge in [-0.3, -0.25) is 28.8 Å². The monoisotopic (exact) mass is 779 g/mol. The first kappa shape index (κ1) is 47.3. The quantitative estimate of drug-likeness (QED) is 0.0828. The molecule has 2 aromatic rings. The normalized spacial score (nSPS) is 14.8. The fraction of sp³-hybridized carbons (Fsp3) is 0.571. The molecule has 0 aliphatic rings. The summed E-state index contributed by atoms with van der Waals surface area (Å²) in [5, 5.41) is 10.9. The van der Waals surface area contributed by atoms with Gasteiger partial charge in [0.1, 0.15) is 24.2 Å². The van der Waals surface area contributed by atoms with Crippen molar-refractivity contribution in [3.05, 3.63) is 59.7 Å². The number of carbonyl (C=O) groups excluding carboxylic acids is 6. The van der Waals surface area contributed by atoms with Crippen molar-refractivity contribution in [3.8, 4) is 11.1 Å². The molecule has 310 valence electrons. The van der Waals surface area contributed by atoms with Crippen LogP contribution >= 0.6 is 0 Å². The van der Waals surface area contributed by atoms with Gasteiger partial charge in [0.15, 0.2) is 0 Å². The second-order valence-electron chi connectivity index (χ2n) is 16.6. The molecule has 0 fully saturated rings. The highest BCUT2D eigenvalue weighted by Crippen LogP contribution is 2.22. The van der Waals surface area contributed by atoms with Crippen LogP contribution in [0.4, 0.5) is 0 Å².